The van der Waals surface area contributed by atoms with Crippen molar-refractivity contribution in [3.05, 3.63) is 47.5 Å². The first-order valence-corrected chi connectivity index (χ1v) is 6.87. The molecule has 0 aliphatic carbocycles. The van der Waals surface area contributed by atoms with E-state index >= 15 is 0 Å². The SMILES string of the molecule is CCOC(=O)Nc1ccc(NCc2ccc(F)cc2F)nc1N.Cl. The Labute approximate surface area is 143 Å². The van der Waals surface area contributed by atoms with Crippen molar-refractivity contribution in [3.63, 3.8) is 0 Å². The Morgan fingerprint density at radius 3 is 2.67 bits per heavy atom. The van der Waals surface area contributed by atoms with Crippen LogP contribution in [0.4, 0.5) is 30.9 Å². The zero-order valence-electron chi connectivity index (χ0n) is 12.8. The number of nitrogen functional groups attached to an aromatic ring is 1. The molecule has 1 amide bonds. The molecule has 1 aromatic carbocycles. The molecule has 4 N–H and O–H groups in total. The molecule has 0 fully saturated rings. The topological polar surface area (TPSA) is 89.3 Å². The van der Waals surface area contributed by atoms with Crippen LogP contribution in [-0.2, 0) is 11.3 Å². The molecular weight excluding hydrogens is 342 g/mol. The summed E-state index contributed by atoms with van der Waals surface area (Å²) in [6, 6.07) is 6.44. The lowest BCUT2D eigenvalue weighted by molar-refractivity contribution is 0.168. The van der Waals surface area contributed by atoms with Crippen molar-refractivity contribution >= 4 is 35.8 Å². The van der Waals surface area contributed by atoms with Crippen LogP contribution in [0.5, 0.6) is 0 Å². The highest BCUT2D eigenvalue weighted by Crippen LogP contribution is 2.19. The lowest BCUT2D eigenvalue weighted by Crippen LogP contribution is -2.15. The van der Waals surface area contributed by atoms with E-state index in [1.165, 1.54) is 12.1 Å². The van der Waals surface area contributed by atoms with Gasteiger partial charge in [-0.1, -0.05) is 6.07 Å². The fraction of sp³-hybridized carbons (Fsp3) is 0.200. The van der Waals surface area contributed by atoms with Gasteiger partial charge in [-0.15, -0.1) is 12.4 Å². The quantitative estimate of drug-likeness (QED) is 0.760. The largest absolute Gasteiger partial charge is 0.450 e. The minimum atomic E-state index is -0.647. The van der Waals surface area contributed by atoms with E-state index in [4.69, 9.17) is 10.5 Å². The van der Waals surface area contributed by atoms with Crippen molar-refractivity contribution in [2.75, 3.05) is 23.0 Å². The normalized spacial score (nSPS) is 9.79. The van der Waals surface area contributed by atoms with Crippen molar-refractivity contribution in [1.29, 1.82) is 0 Å². The lowest BCUT2D eigenvalue weighted by atomic mass is 10.2. The van der Waals surface area contributed by atoms with Crippen LogP contribution in [0.15, 0.2) is 30.3 Å². The van der Waals surface area contributed by atoms with E-state index in [2.05, 4.69) is 15.6 Å². The summed E-state index contributed by atoms with van der Waals surface area (Å²) < 4.78 is 31.1. The molecule has 0 atom stereocenters. The van der Waals surface area contributed by atoms with Crippen LogP contribution in [0, 0.1) is 11.6 Å². The van der Waals surface area contributed by atoms with Gasteiger partial charge in [0.25, 0.3) is 0 Å². The molecule has 0 radical (unpaired) electrons. The van der Waals surface area contributed by atoms with E-state index < -0.39 is 17.7 Å². The first-order valence-electron chi connectivity index (χ1n) is 6.87. The van der Waals surface area contributed by atoms with Crippen LogP contribution < -0.4 is 16.4 Å². The Balaban J connectivity index is 0.00000288. The second kappa shape index (κ2) is 8.88. The van der Waals surface area contributed by atoms with Crippen LogP contribution in [0.1, 0.15) is 12.5 Å². The molecule has 0 saturated carbocycles. The van der Waals surface area contributed by atoms with E-state index in [9.17, 15) is 13.6 Å². The molecule has 6 nitrogen and oxygen atoms in total. The molecular formula is C15H17ClF2N4O2. The second-order valence-electron chi connectivity index (χ2n) is 4.56. The van der Waals surface area contributed by atoms with Gasteiger partial charge >= 0.3 is 6.09 Å². The van der Waals surface area contributed by atoms with Crippen molar-refractivity contribution in [2.24, 2.45) is 0 Å². The minimum Gasteiger partial charge on any atom is -0.450 e. The molecule has 0 unspecified atom stereocenters. The molecule has 0 aliphatic rings. The first-order chi connectivity index (χ1) is 11.0. The van der Waals surface area contributed by atoms with Gasteiger partial charge in [0, 0.05) is 18.2 Å². The number of carbonyl (C=O) groups is 1. The first kappa shape index (κ1) is 19.4. The standard InChI is InChI=1S/C15H16F2N4O2.ClH/c1-2-23-15(22)20-12-5-6-13(21-14(12)18)19-8-9-3-4-10(16)7-11(9)17;/h3-7H,2,8H2,1H3,(H,20,22)(H3,18,19,21);1H. The number of benzene rings is 1. The number of nitrogens with zero attached hydrogens (tertiary/aromatic N) is 1. The summed E-state index contributed by atoms with van der Waals surface area (Å²) in [4.78, 5) is 15.4. The van der Waals surface area contributed by atoms with Gasteiger partial charge in [-0.3, -0.25) is 5.32 Å². The van der Waals surface area contributed by atoms with E-state index in [1.54, 1.807) is 19.1 Å². The van der Waals surface area contributed by atoms with Crippen LogP contribution >= 0.6 is 12.4 Å². The Morgan fingerprint density at radius 2 is 2.04 bits per heavy atom. The van der Waals surface area contributed by atoms with Gasteiger partial charge in [-0.2, -0.15) is 0 Å². The predicted molar refractivity (Wildman–Crippen MR) is 90.2 cm³/mol. The number of ether oxygens (including phenoxy) is 1. The Kier molecular flexibility index (Phi) is 7.19. The molecule has 0 saturated heterocycles. The monoisotopic (exact) mass is 358 g/mol. The maximum absolute atomic E-state index is 13.5. The molecule has 2 aromatic rings. The average molecular weight is 359 g/mol. The molecule has 1 aromatic heterocycles. The summed E-state index contributed by atoms with van der Waals surface area (Å²) in [5.74, 6) is -0.808. The molecule has 130 valence electrons. The number of hydrogen-bond acceptors (Lipinski definition) is 5. The molecule has 24 heavy (non-hydrogen) atoms. The number of halogens is 3. The van der Waals surface area contributed by atoms with Crippen LogP contribution in [0.25, 0.3) is 0 Å². The van der Waals surface area contributed by atoms with Gasteiger partial charge in [0.15, 0.2) is 0 Å². The zero-order chi connectivity index (χ0) is 16.8. The Morgan fingerprint density at radius 1 is 1.29 bits per heavy atom. The van der Waals surface area contributed by atoms with Gasteiger partial charge in [0.2, 0.25) is 0 Å². The third-order valence-corrected chi connectivity index (χ3v) is 2.91. The fourth-order valence-corrected chi connectivity index (χ4v) is 1.81. The molecule has 9 heteroatoms. The third-order valence-electron chi connectivity index (χ3n) is 2.91. The third kappa shape index (κ3) is 5.24. The number of nitrogens with one attached hydrogen (secondary N) is 2. The minimum absolute atomic E-state index is 0. The fourth-order valence-electron chi connectivity index (χ4n) is 1.81. The number of pyridine rings is 1. The van der Waals surface area contributed by atoms with Crippen molar-refractivity contribution in [2.45, 2.75) is 13.5 Å². The predicted octanol–water partition coefficient (Wildman–Crippen LogP) is 3.54. The summed E-state index contributed by atoms with van der Waals surface area (Å²) in [6.45, 7) is 2.04. The highest BCUT2D eigenvalue weighted by molar-refractivity contribution is 5.88. The summed E-state index contributed by atoms with van der Waals surface area (Å²) in [5.41, 5.74) is 6.34. The maximum Gasteiger partial charge on any atom is 0.411 e. The van der Waals surface area contributed by atoms with Crippen LogP contribution in [0.2, 0.25) is 0 Å². The van der Waals surface area contributed by atoms with Crippen LogP contribution in [0.3, 0.4) is 0 Å². The van der Waals surface area contributed by atoms with Gasteiger partial charge in [0.05, 0.1) is 12.3 Å². The van der Waals surface area contributed by atoms with Gasteiger partial charge in [-0.25, -0.2) is 18.6 Å². The number of rotatable bonds is 5. The molecule has 0 aliphatic heterocycles. The number of hydrogen-bond donors (Lipinski definition) is 3. The molecule has 0 spiro atoms. The van der Waals surface area contributed by atoms with Gasteiger partial charge < -0.3 is 15.8 Å². The summed E-state index contributed by atoms with van der Waals surface area (Å²) in [6.07, 6.45) is -0.630. The molecule has 0 bridgehead atoms. The summed E-state index contributed by atoms with van der Waals surface area (Å²) in [5, 5.41) is 5.32. The lowest BCUT2D eigenvalue weighted by Gasteiger charge is -2.11. The van der Waals surface area contributed by atoms with Crippen molar-refractivity contribution < 1.29 is 18.3 Å². The van der Waals surface area contributed by atoms with Crippen LogP contribution in [-0.4, -0.2) is 17.7 Å². The second-order valence-corrected chi connectivity index (χ2v) is 4.56. The Hall–Kier alpha value is -2.61. The number of nitrogens with two attached hydrogens (primary N) is 1. The highest BCUT2D eigenvalue weighted by atomic mass is 35.5. The van der Waals surface area contributed by atoms with E-state index in [0.717, 1.165) is 6.07 Å². The van der Waals surface area contributed by atoms with Crippen molar-refractivity contribution in [1.82, 2.24) is 4.98 Å². The molecule has 1 heterocycles. The van der Waals surface area contributed by atoms with Gasteiger partial charge in [0.1, 0.15) is 23.3 Å². The number of anilines is 3. The molecule has 2 rings (SSSR count). The number of amides is 1. The average Bonchev–Trinajstić information content (AvgIpc) is 2.49. The van der Waals surface area contributed by atoms with Gasteiger partial charge in [-0.05, 0) is 25.1 Å². The van der Waals surface area contributed by atoms with E-state index in [-0.39, 0.29) is 31.4 Å². The number of carbonyl (C=O) groups excluding carboxylic acids is 1. The summed E-state index contributed by atoms with van der Waals surface area (Å²) in [7, 11) is 0. The Bertz CT molecular complexity index is 716. The van der Waals surface area contributed by atoms with E-state index in [1.807, 2.05) is 0 Å². The highest BCUT2D eigenvalue weighted by Gasteiger charge is 2.08. The zero-order valence-corrected chi connectivity index (χ0v) is 13.6. The van der Waals surface area contributed by atoms with E-state index in [0.29, 0.717) is 17.1 Å². The van der Waals surface area contributed by atoms with Crippen molar-refractivity contribution in [3.8, 4) is 0 Å². The maximum atomic E-state index is 13.5. The number of aromatic nitrogens is 1. The smallest absolute Gasteiger partial charge is 0.411 e. The summed E-state index contributed by atoms with van der Waals surface area (Å²) >= 11 is 0.